The van der Waals surface area contributed by atoms with E-state index in [9.17, 15) is 4.79 Å². The van der Waals surface area contributed by atoms with Gasteiger partial charge >= 0.3 is 0 Å². The standard InChI is InChI=1S/C15H13BrN4O/c16-11-7-10(8-17-9-11)15(21)18-6-5-14-19-12-3-1-2-4-13(12)20-14/h1-4,7-9H,5-6H2,(H,18,21)(H,19,20). The monoisotopic (exact) mass is 344 g/mol. The summed E-state index contributed by atoms with van der Waals surface area (Å²) in [6.45, 7) is 0.519. The third kappa shape index (κ3) is 3.28. The van der Waals surface area contributed by atoms with Crippen LogP contribution in [0.5, 0.6) is 0 Å². The lowest BCUT2D eigenvalue weighted by molar-refractivity contribution is 0.0953. The molecular formula is C15H13BrN4O. The number of amides is 1. The normalized spacial score (nSPS) is 10.7. The molecule has 3 rings (SSSR count). The topological polar surface area (TPSA) is 70.7 Å². The first-order valence-corrected chi connectivity index (χ1v) is 7.34. The van der Waals surface area contributed by atoms with Crippen LogP contribution in [0.15, 0.2) is 47.2 Å². The zero-order valence-electron chi connectivity index (χ0n) is 11.1. The smallest absolute Gasteiger partial charge is 0.252 e. The first-order valence-electron chi connectivity index (χ1n) is 6.55. The number of carbonyl (C=O) groups is 1. The van der Waals surface area contributed by atoms with Gasteiger partial charge in [0.25, 0.3) is 5.91 Å². The summed E-state index contributed by atoms with van der Waals surface area (Å²) in [6, 6.07) is 9.60. The van der Waals surface area contributed by atoms with Crippen molar-refractivity contribution in [2.75, 3.05) is 6.54 Å². The Labute approximate surface area is 129 Å². The molecule has 2 N–H and O–H groups in total. The summed E-state index contributed by atoms with van der Waals surface area (Å²) >= 11 is 3.30. The van der Waals surface area contributed by atoms with Crippen molar-refractivity contribution >= 4 is 32.9 Å². The Hall–Kier alpha value is -2.21. The van der Waals surface area contributed by atoms with Crippen LogP contribution in [0, 0.1) is 0 Å². The van der Waals surface area contributed by atoms with E-state index in [4.69, 9.17) is 0 Å². The van der Waals surface area contributed by atoms with E-state index in [-0.39, 0.29) is 5.91 Å². The Morgan fingerprint density at radius 2 is 2.14 bits per heavy atom. The Kier molecular flexibility index (Phi) is 3.96. The van der Waals surface area contributed by atoms with Crippen molar-refractivity contribution < 1.29 is 4.79 Å². The first kappa shape index (κ1) is 13.8. The summed E-state index contributed by atoms with van der Waals surface area (Å²) in [6.07, 6.45) is 3.84. The molecule has 2 aromatic heterocycles. The summed E-state index contributed by atoms with van der Waals surface area (Å²) < 4.78 is 0.785. The molecule has 0 unspecified atom stereocenters. The van der Waals surface area contributed by atoms with Gasteiger partial charge in [0, 0.05) is 29.8 Å². The highest BCUT2D eigenvalue weighted by atomic mass is 79.9. The molecule has 2 heterocycles. The number of benzene rings is 1. The lowest BCUT2D eigenvalue weighted by Gasteiger charge is -2.03. The number of pyridine rings is 1. The van der Waals surface area contributed by atoms with E-state index in [0.29, 0.717) is 18.5 Å². The number of nitrogens with one attached hydrogen (secondary N) is 2. The number of imidazole rings is 1. The molecule has 0 spiro atoms. The molecule has 0 saturated heterocycles. The van der Waals surface area contributed by atoms with E-state index in [1.165, 1.54) is 0 Å². The second-order valence-electron chi connectivity index (χ2n) is 4.60. The highest BCUT2D eigenvalue weighted by Crippen LogP contribution is 2.11. The van der Waals surface area contributed by atoms with Crippen LogP contribution >= 0.6 is 15.9 Å². The van der Waals surface area contributed by atoms with Gasteiger partial charge < -0.3 is 10.3 Å². The second kappa shape index (κ2) is 6.05. The Bertz CT molecular complexity index is 751. The minimum atomic E-state index is -0.139. The zero-order valence-corrected chi connectivity index (χ0v) is 12.7. The molecule has 0 radical (unpaired) electrons. The second-order valence-corrected chi connectivity index (χ2v) is 5.51. The maximum atomic E-state index is 12.0. The molecule has 1 aromatic carbocycles. The van der Waals surface area contributed by atoms with Crippen LogP contribution < -0.4 is 5.32 Å². The summed E-state index contributed by atoms with van der Waals surface area (Å²) in [5, 5.41) is 2.86. The fourth-order valence-corrected chi connectivity index (χ4v) is 2.42. The van der Waals surface area contributed by atoms with E-state index < -0.39 is 0 Å². The maximum Gasteiger partial charge on any atom is 0.252 e. The lowest BCUT2D eigenvalue weighted by atomic mass is 10.2. The zero-order chi connectivity index (χ0) is 14.7. The molecule has 5 nitrogen and oxygen atoms in total. The molecule has 1 amide bonds. The predicted molar refractivity (Wildman–Crippen MR) is 84.1 cm³/mol. The van der Waals surface area contributed by atoms with Gasteiger partial charge in [-0.05, 0) is 34.1 Å². The minimum absolute atomic E-state index is 0.139. The van der Waals surface area contributed by atoms with Gasteiger partial charge in [0.1, 0.15) is 5.82 Å². The first-order chi connectivity index (χ1) is 10.2. The number of aromatic nitrogens is 3. The highest BCUT2D eigenvalue weighted by Gasteiger charge is 2.07. The predicted octanol–water partition coefficient (Wildman–Crippen LogP) is 2.69. The number of hydrogen-bond acceptors (Lipinski definition) is 3. The molecule has 0 bridgehead atoms. The van der Waals surface area contributed by atoms with Crippen LogP contribution in [-0.2, 0) is 6.42 Å². The van der Waals surface area contributed by atoms with E-state index in [2.05, 4.69) is 36.2 Å². The molecule has 0 aliphatic heterocycles. The van der Waals surface area contributed by atoms with Crippen molar-refractivity contribution in [1.29, 1.82) is 0 Å². The van der Waals surface area contributed by atoms with Crippen LogP contribution in [0.1, 0.15) is 16.2 Å². The molecule has 3 aromatic rings. The highest BCUT2D eigenvalue weighted by molar-refractivity contribution is 9.10. The van der Waals surface area contributed by atoms with Crippen molar-refractivity contribution in [3.8, 4) is 0 Å². The Balaban J connectivity index is 1.59. The third-order valence-corrected chi connectivity index (χ3v) is 3.49. The number of H-pyrrole nitrogens is 1. The maximum absolute atomic E-state index is 12.0. The van der Waals surface area contributed by atoms with Gasteiger partial charge in [-0.25, -0.2) is 4.98 Å². The molecule has 0 saturated carbocycles. The number of hydrogen-bond donors (Lipinski definition) is 2. The van der Waals surface area contributed by atoms with Crippen molar-refractivity contribution in [3.05, 3.63) is 58.6 Å². The van der Waals surface area contributed by atoms with E-state index >= 15 is 0 Å². The van der Waals surface area contributed by atoms with Gasteiger partial charge in [-0.15, -0.1) is 0 Å². The van der Waals surface area contributed by atoms with Crippen molar-refractivity contribution in [2.45, 2.75) is 6.42 Å². The number of para-hydroxylation sites is 2. The molecular weight excluding hydrogens is 332 g/mol. The number of halogens is 1. The van der Waals surface area contributed by atoms with Crippen molar-refractivity contribution in [3.63, 3.8) is 0 Å². The number of fused-ring (bicyclic) bond motifs is 1. The summed E-state index contributed by atoms with van der Waals surface area (Å²) in [4.78, 5) is 23.6. The SMILES string of the molecule is O=C(NCCc1nc2ccccc2[nH]1)c1cncc(Br)c1. The largest absolute Gasteiger partial charge is 0.352 e. The fraction of sp³-hybridized carbons (Fsp3) is 0.133. The van der Waals surface area contributed by atoms with Crippen molar-refractivity contribution in [2.24, 2.45) is 0 Å². The number of aromatic amines is 1. The lowest BCUT2D eigenvalue weighted by Crippen LogP contribution is -2.26. The Morgan fingerprint density at radius 1 is 1.29 bits per heavy atom. The number of nitrogens with zero attached hydrogens (tertiary/aromatic N) is 2. The van der Waals surface area contributed by atoms with Crippen LogP contribution in [0.25, 0.3) is 11.0 Å². The average molecular weight is 345 g/mol. The molecule has 0 aliphatic rings. The van der Waals surface area contributed by atoms with Crippen LogP contribution in [0.3, 0.4) is 0 Å². The number of rotatable bonds is 4. The van der Waals surface area contributed by atoms with E-state index in [0.717, 1.165) is 21.3 Å². The molecule has 0 fully saturated rings. The molecule has 106 valence electrons. The molecule has 0 aliphatic carbocycles. The van der Waals surface area contributed by atoms with Crippen LogP contribution in [0.4, 0.5) is 0 Å². The molecule has 0 atom stereocenters. The quantitative estimate of drug-likeness (QED) is 0.764. The van der Waals surface area contributed by atoms with Crippen molar-refractivity contribution in [1.82, 2.24) is 20.3 Å². The summed E-state index contributed by atoms with van der Waals surface area (Å²) in [5.41, 5.74) is 2.49. The number of carbonyl (C=O) groups excluding carboxylic acids is 1. The van der Waals surface area contributed by atoms with Gasteiger partial charge in [0.2, 0.25) is 0 Å². The third-order valence-electron chi connectivity index (χ3n) is 3.05. The average Bonchev–Trinajstić information content (AvgIpc) is 2.89. The van der Waals surface area contributed by atoms with Gasteiger partial charge in [-0.3, -0.25) is 9.78 Å². The molecule has 6 heteroatoms. The molecule has 21 heavy (non-hydrogen) atoms. The van der Waals surface area contributed by atoms with E-state index in [1.54, 1.807) is 18.5 Å². The van der Waals surface area contributed by atoms with Gasteiger partial charge in [-0.2, -0.15) is 0 Å². The van der Waals surface area contributed by atoms with E-state index in [1.807, 2.05) is 24.3 Å². The van der Waals surface area contributed by atoms with Gasteiger partial charge in [-0.1, -0.05) is 12.1 Å². The van der Waals surface area contributed by atoms with Gasteiger partial charge in [0.15, 0.2) is 0 Å². The van der Waals surface area contributed by atoms with Crippen LogP contribution in [-0.4, -0.2) is 27.4 Å². The van der Waals surface area contributed by atoms with Crippen LogP contribution in [0.2, 0.25) is 0 Å². The fourth-order valence-electron chi connectivity index (χ4n) is 2.06. The summed E-state index contributed by atoms with van der Waals surface area (Å²) in [5.74, 6) is 0.726. The summed E-state index contributed by atoms with van der Waals surface area (Å²) in [7, 11) is 0. The van der Waals surface area contributed by atoms with Gasteiger partial charge in [0.05, 0.1) is 16.6 Å². The Morgan fingerprint density at radius 3 is 2.95 bits per heavy atom. The minimum Gasteiger partial charge on any atom is -0.352 e.